The summed E-state index contributed by atoms with van der Waals surface area (Å²) in [5, 5.41) is 3.24. The summed E-state index contributed by atoms with van der Waals surface area (Å²) in [6.07, 6.45) is 0.724. The van der Waals surface area contributed by atoms with Crippen LogP contribution in [0, 0.1) is 0 Å². The van der Waals surface area contributed by atoms with Crippen molar-refractivity contribution in [3.63, 3.8) is 0 Å². The number of hydrogen-bond acceptors (Lipinski definition) is 4. The Morgan fingerprint density at radius 2 is 2.33 bits per heavy atom. The highest BCUT2D eigenvalue weighted by Crippen LogP contribution is 2.21. The molecule has 1 atom stereocenters. The minimum atomic E-state index is -2.78. The molecular weight excluding hydrogens is 254 g/mol. The Balaban J connectivity index is 1.85. The molecule has 0 radical (unpaired) electrons. The number of thiophene rings is 1. The molecule has 15 heavy (non-hydrogen) atoms. The lowest BCUT2D eigenvalue weighted by molar-refractivity contribution is 0.557. The molecule has 1 aliphatic rings. The Labute approximate surface area is 98.4 Å². The summed E-state index contributed by atoms with van der Waals surface area (Å²) >= 11 is 7.32. The molecule has 1 N–H and O–H groups in total. The minimum absolute atomic E-state index is 0.107. The van der Waals surface area contributed by atoms with Gasteiger partial charge in [0.1, 0.15) is 0 Å². The van der Waals surface area contributed by atoms with Crippen LogP contribution in [0.15, 0.2) is 12.1 Å². The Morgan fingerprint density at radius 3 is 2.87 bits per heavy atom. The maximum atomic E-state index is 11.2. The Hall–Kier alpha value is -0.100. The van der Waals surface area contributed by atoms with E-state index in [4.69, 9.17) is 11.6 Å². The highest BCUT2D eigenvalue weighted by atomic mass is 35.5. The number of hydrogen-bond donors (Lipinski definition) is 1. The molecule has 3 nitrogen and oxygen atoms in total. The molecule has 2 heterocycles. The van der Waals surface area contributed by atoms with Crippen molar-refractivity contribution in [2.24, 2.45) is 0 Å². The number of halogens is 1. The SMILES string of the molecule is O=S1(=O)CCC(NCc2ccc(Cl)s2)C1. The van der Waals surface area contributed by atoms with Gasteiger partial charge in [0, 0.05) is 17.5 Å². The molecule has 0 saturated carbocycles. The molecule has 1 fully saturated rings. The van der Waals surface area contributed by atoms with E-state index in [0.29, 0.717) is 12.3 Å². The molecule has 6 heteroatoms. The van der Waals surface area contributed by atoms with Crippen molar-refractivity contribution in [2.45, 2.75) is 19.0 Å². The van der Waals surface area contributed by atoms with Gasteiger partial charge in [0.2, 0.25) is 0 Å². The molecule has 1 aromatic rings. The first-order chi connectivity index (χ1) is 7.05. The summed E-state index contributed by atoms with van der Waals surface area (Å²) in [6.45, 7) is 0.706. The van der Waals surface area contributed by atoms with Crippen LogP contribution in [0.3, 0.4) is 0 Å². The summed E-state index contributed by atoms with van der Waals surface area (Å²) in [4.78, 5) is 1.14. The van der Waals surface area contributed by atoms with E-state index in [1.165, 1.54) is 11.3 Å². The molecule has 0 amide bonds. The molecular formula is C9H12ClNO2S2. The molecule has 0 bridgehead atoms. The average Bonchev–Trinajstić information content (AvgIpc) is 2.69. The van der Waals surface area contributed by atoms with Gasteiger partial charge in [0.25, 0.3) is 0 Å². The largest absolute Gasteiger partial charge is 0.308 e. The number of nitrogens with one attached hydrogen (secondary N) is 1. The van der Waals surface area contributed by atoms with Crippen molar-refractivity contribution < 1.29 is 8.42 Å². The van der Waals surface area contributed by atoms with Crippen molar-refractivity contribution in [2.75, 3.05) is 11.5 Å². The molecule has 1 saturated heterocycles. The van der Waals surface area contributed by atoms with Gasteiger partial charge in [-0.05, 0) is 18.6 Å². The molecule has 1 aliphatic heterocycles. The minimum Gasteiger partial charge on any atom is -0.308 e. The fraction of sp³-hybridized carbons (Fsp3) is 0.556. The van der Waals surface area contributed by atoms with Gasteiger partial charge in [0.05, 0.1) is 15.8 Å². The topological polar surface area (TPSA) is 46.2 Å². The van der Waals surface area contributed by atoms with Crippen molar-refractivity contribution in [1.29, 1.82) is 0 Å². The van der Waals surface area contributed by atoms with Crippen molar-refractivity contribution in [3.8, 4) is 0 Å². The quantitative estimate of drug-likeness (QED) is 0.905. The van der Waals surface area contributed by atoms with Crippen LogP contribution in [0.5, 0.6) is 0 Å². The van der Waals surface area contributed by atoms with E-state index in [1.54, 1.807) is 0 Å². The summed E-state index contributed by atoms with van der Waals surface area (Å²) < 4.78 is 23.2. The van der Waals surface area contributed by atoms with E-state index in [-0.39, 0.29) is 11.8 Å². The normalized spacial score (nSPS) is 24.5. The lowest BCUT2D eigenvalue weighted by Crippen LogP contribution is -2.29. The van der Waals surface area contributed by atoms with Crippen LogP contribution in [0.2, 0.25) is 4.34 Å². The summed E-state index contributed by atoms with van der Waals surface area (Å²) in [6, 6.07) is 3.92. The molecule has 1 aromatic heterocycles. The van der Waals surface area contributed by atoms with Gasteiger partial charge in [-0.3, -0.25) is 0 Å². The van der Waals surface area contributed by atoms with E-state index < -0.39 is 9.84 Å². The molecule has 0 spiro atoms. The Bertz CT molecular complexity index is 441. The van der Waals surface area contributed by atoms with Crippen LogP contribution >= 0.6 is 22.9 Å². The Morgan fingerprint density at radius 1 is 1.53 bits per heavy atom. The third-order valence-corrected chi connectivity index (χ3v) is 5.43. The monoisotopic (exact) mass is 265 g/mol. The zero-order chi connectivity index (χ0) is 10.9. The lowest BCUT2D eigenvalue weighted by Gasteiger charge is -2.08. The van der Waals surface area contributed by atoms with E-state index in [0.717, 1.165) is 15.6 Å². The first-order valence-corrected chi connectivity index (χ1v) is 7.75. The second-order valence-corrected chi connectivity index (χ2v) is 7.72. The van der Waals surface area contributed by atoms with Gasteiger partial charge in [0.15, 0.2) is 9.84 Å². The molecule has 1 unspecified atom stereocenters. The first kappa shape index (κ1) is 11.4. The maximum absolute atomic E-state index is 11.2. The van der Waals surface area contributed by atoms with Crippen LogP contribution < -0.4 is 5.32 Å². The van der Waals surface area contributed by atoms with Crippen LogP contribution in [0.25, 0.3) is 0 Å². The molecule has 84 valence electrons. The second kappa shape index (κ2) is 4.41. The van der Waals surface area contributed by atoms with Crippen molar-refractivity contribution in [1.82, 2.24) is 5.32 Å². The fourth-order valence-electron chi connectivity index (χ4n) is 1.65. The maximum Gasteiger partial charge on any atom is 0.151 e. The van der Waals surface area contributed by atoms with Gasteiger partial charge in [-0.15, -0.1) is 11.3 Å². The van der Waals surface area contributed by atoms with Gasteiger partial charge in [-0.2, -0.15) is 0 Å². The first-order valence-electron chi connectivity index (χ1n) is 4.73. The van der Waals surface area contributed by atoms with E-state index in [1.807, 2.05) is 12.1 Å². The summed E-state index contributed by atoms with van der Waals surface area (Å²) in [5.74, 6) is 0.585. The highest BCUT2D eigenvalue weighted by Gasteiger charge is 2.27. The predicted molar refractivity (Wildman–Crippen MR) is 63.2 cm³/mol. The summed E-state index contributed by atoms with van der Waals surface area (Å²) in [5.41, 5.74) is 0. The van der Waals surface area contributed by atoms with E-state index in [2.05, 4.69) is 5.32 Å². The lowest BCUT2D eigenvalue weighted by atomic mass is 10.2. The van der Waals surface area contributed by atoms with Crippen LogP contribution in [-0.2, 0) is 16.4 Å². The molecule has 0 aromatic carbocycles. The van der Waals surface area contributed by atoms with Crippen LogP contribution in [0.1, 0.15) is 11.3 Å². The highest BCUT2D eigenvalue weighted by molar-refractivity contribution is 7.91. The van der Waals surface area contributed by atoms with Crippen LogP contribution in [-0.4, -0.2) is 26.0 Å². The standard InChI is InChI=1S/C9H12ClNO2S2/c10-9-2-1-8(14-9)5-11-7-3-4-15(12,13)6-7/h1-2,7,11H,3-6H2. The van der Waals surface area contributed by atoms with Crippen molar-refractivity contribution in [3.05, 3.63) is 21.3 Å². The van der Waals surface area contributed by atoms with Crippen molar-refractivity contribution >= 4 is 32.8 Å². The van der Waals surface area contributed by atoms with E-state index >= 15 is 0 Å². The van der Waals surface area contributed by atoms with Gasteiger partial charge >= 0.3 is 0 Å². The molecule has 0 aliphatic carbocycles. The number of rotatable bonds is 3. The van der Waals surface area contributed by atoms with Gasteiger partial charge < -0.3 is 5.32 Å². The smallest absolute Gasteiger partial charge is 0.151 e. The third-order valence-electron chi connectivity index (χ3n) is 2.43. The number of sulfone groups is 1. The zero-order valence-electron chi connectivity index (χ0n) is 8.07. The van der Waals surface area contributed by atoms with Gasteiger partial charge in [-0.1, -0.05) is 11.6 Å². The Kier molecular flexibility index (Phi) is 3.35. The predicted octanol–water partition coefficient (Wildman–Crippen LogP) is 1.68. The third kappa shape index (κ3) is 3.17. The van der Waals surface area contributed by atoms with Crippen LogP contribution in [0.4, 0.5) is 0 Å². The van der Waals surface area contributed by atoms with Gasteiger partial charge in [-0.25, -0.2) is 8.42 Å². The fourth-order valence-corrected chi connectivity index (χ4v) is 4.39. The molecule has 2 rings (SSSR count). The zero-order valence-corrected chi connectivity index (χ0v) is 10.5. The second-order valence-electron chi connectivity index (χ2n) is 3.69. The summed E-state index contributed by atoms with van der Waals surface area (Å²) in [7, 11) is -2.78. The van der Waals surface area contributed by atoms with E-state index in [9.17, 15) is 8.42 Å². The average molecular weight is 266 g/mol.